The predicted octanol–water partition coefficient (Wildman–Crippen LogP) is 4.02. The Morgan fingerprint density at radius 1 is 1.20 bits per heavy atom. The van der Waals surface area contributed by atoms with E-state index < -0.39 is 0 Å². The number of fused-ring (bicyclic) bond motifs is 1. The highest BCUT2D eigenvalue weighted by atomic mass is 35.5. The van der Waals surface area contributed by atoms with E-state index >= 15 is 0 Å². The minimum atomic E-state index is 0.0390. The normalized spacial score (nSPS) is 14.9. The van der Waals surface area contributed by atoms with Crippen LogP contribution in [0.15, 0.2) is 29.3 Å². The monoisotopic (exact) mass is 430 g/mol. The van der Waals surface area contributed by atoms with Gasteiger partial charge in [0.25, 0.3) is 0 Å². The average molecular weight is 431 g/mol. The lowest BCUT2D eigenvalue weighted by Crippen LogP contribution is -2.39. The van der Waals surface area contributed by atoms with Gasteiger partial charge in [-0.3, -0.25) is 4.99 Å². The van der Waals surface area contributed by atoms with E-state index in [0.717, 1.165) is 68.1 Å². The predicted molar refractivity (Wildman–Crippen MR) is 124 cm³/mol. The molecule has 0 saturated heterocycles. The first-order chi connectivity index (χ1) is 14.5. The van der Waals surface area contributed by atoms with Gasteiger partial charge in [-0.05, 0) is 49.3 Å². The number of aliphatic imine (C=N–C) groups is 1. The fourth-order valence-electron chi connectivity index (χ4n) is 3.91. The molecule has 7 heteroatoms. The Morgan fingerprint density at radius 3 is 2.87 bits per heavy atom. The number of hydrogen-bond acceptors (Lipinski definition) is 3. The van der Waals surface area contributed by atoms with Gasteiger partial charge in [0, 0.05) is 44.0 Å². The molecule has 0 bridgehead atoms. The standard InChI is InChI=1S/C23H35ClN6/c1-4-25-22(27-17-23(2,3)16-18-9-8-10-19(24)15-18)26-13-12-21-29-28-20-11-6-5-7-14-30(20)21/h8-10,15H,4-7,11-14,16-17H2,1-3H3,(H2,25,26,27). The van der Waals surface area contributed by atoms with Crippen LogP contribution in [0, 0.1) is 5.41 Å². The summed E-state index contributed by atoms with van der Waals surface area (Å²) in [5.41, 5.74) is 1.28. The zero-order valence-electron chi connectivity index (χ0n) is 18.5. The van der Waals surface area contributed by atoms with Gasteiger partial charge in [-0.15, -0.1) is 10.2 Å². The van der Waals surface area contributed by atoms with Crippen LogP contribution in [0.2, 0.25) is 5.02 Å². The van der Waals surface area contributed by atoms with Gasteiger partial charge in [0.05, 0.1) is 0 Å². The van der Waals surface area contributed by atoms with Crippen LogP contribution in [-0.2, 0) is 25.8 Å². The zero-order valence-corrected chi connectivity index (χ0v) is 19.3. The number of nitrogens with one attached hydrogen (secondary N) is 2. The van der Waals surface area contributed by atoms with Crippen molar-refractivity contribution in [3.63, 3.8) is 0 Å². The molecule has 3 rings (SSSR count). The SMILES string of the molecule is CCNC(=NCC(C)(C)Cc1cccc(Cl)c1)NCCc1nnc2n1CCCCC2. The summed E-state index contributed by atoms with van der Waals surface area (Å²) in [5.74, 6) is 3.08. The zero-order chi connectivity index (χ0) is 21.4. The maximum atomic E-state index is 6.14. The summed E-state index contributed by atoms with van der Waals surface area (Å²) in [6, 6.07) is 8.09. The molecule has 1 aromatic heterocycles. The third-order valence-electron chi connectivity index (χ3n) is 5.41. The van der Waals surface area contributed by atoms with E-state index in [9.17, 15) is 0 Å². The quantitative estimate of drug-likeness (QED) is 0.490. The lowest BCUT2D eigenvalue weighted by Gasteiger charge is -2.23. The molecule has 0 saturated carbocycles. The highest BCUT2D eigenvalue weighted by molar-refractivity contribution is 6.30. The van der Waals surface area contributed by atoms with E-state index in [2.05, 4.69) is 52.2 Å². The molecule has 2 heterocycles. The first kappa shape index (κ1) is 22.6. The van der Waals surface area contributed by atoms with Gasteiger partial charge in [0.1, 0.15) is 11.6 Å². The van der Waals surface area contributed by atoms with Gasteiger partial charge in [0.15, 0.2) is 5.96 Å². The van der Waals surface area contributed by atoms with E-state index in [1.54, 1.807) is 0 Å². The molecule has 0 spiro atoms. The van der Waals surface area contributed by atoms with Crippen molar-refractivity contribution >= 4 is 17.6 Å². The van der Waals surface area contributed by atoms with Crippen molar-refractivity contribution in [2.75, 3.05) is 19.6 Å². The number of aryl methyl sites for hydroxylation is 1. The van der Waals surface area contributed by atoms with Crippen LogP contribution in [0.25, 0.3) is 0 Å². The van der Waals surface area contributed by atoms with Crippen molar-refractivity contribution < 1.29 is 0 Å². The van der Waals surface area contributed by atoms with Gasteiger partial charge < -0.3 is 15.2 Å². The molecule has 0 amide bonds. The number of benzene rings is 1. The third kappa shape index (κ3) is 6.73. The fourth-order valence-corrected chi connectivity index (χ4v) is 4.13. The van der Waals surface area contributed by atoms with Gasteiger partial charge in [-0.1, -0.05) is 44.0 Å². The Morgan fingerprint density at radius 2 is 2.07 bits per heavy atom. The summed E-state index contributed by atoms with van der Waals surface area (Å²) in [4.78, 5) is 4.84. The highest BCUT2D eigenvalue weighted by Gasteiger charge is 2.19. The Labute approximate surface area is 185 Å². The van der Waals surface area contributed by atoms with Gasteiger partial charge >= 0.3 is 0 Å². The smallest absolute Gasteiger partial charge is 0.191 e. The van der Waals surface area contributed by atoms with Crippen molar-refractivity contribution in [2.45, 2.75) is 65.8 Å². The maximum Gasteiger partial charge on any atom is 0.191 e. The lowest BCUT2D eigenvalue weighted by molar-refractivity contribution is 0.377. The van der Waals surface area contributed by atoms with E-state index in [1.807, 2.05) is 18.2 Å². The minimum absolute atomic E-state index is 0.0390. The van der Waals surface area contributed by atoms with E-state index in [0.29, 0.717) is 0 Å². The van der Waals surface area contributed by atoms with Crippen molar-refractivity contribution in [3.8, 4) is 0 Å². The van der Waals surface area contributed by atoms with Crippen molar-refractivity contribution in [3.05, 3.63) is 46.5 Å². The summed E-state index contributed by atoms with van der Waals surface area (Å²) in [6.45, 7) is 9.98. The number of nitrogens with zero attached hydrogens (tertiary/aromatic N) is 4. The fraction of sp³-hybridized carbons (Fsp3) is 0.609. The topological polar surface area (TPSA) is 67.1 Å². The second kappa shape index (κ2) is 10.8. The third-order valence-corrected chi connectivity index (χ3v) is 5.64. The second-order valence-corrected chi connectivity index (χ2v) is 9.27. The number of rotatable bonds is 8. The van der Waals surface area contributed by atoms with E-state index in [1.165, 1.54) is 24.8 Å². The summed E-state index contributed by atoms with van der Waals surface area (Å²) in [5, 5.41) is 16.4. The van der Waals surface area contributed by atoms with Gasteiger partial charge in [0.2, 0.25) is 0 Å². The molecule has 2 N–H and O–H groups in total. The molecule has 1 aromatic carbocycles. The number of guanidine groups is 1. The molecule has 0 atom stereocenters. The number of halogens is 1. The van der Waals surface area contributed by atoms with Crippen LogP contribution in [0.4, 0.5) is 0 Å². The molecule has 6 nitrogen and oxygen atoms in total. The molecule has 2 aromatic rings. The van der Waals surface area contributed by atoms with Crippen LogP contribution < -0.4 is 10.6 Å². The average Bonchev–Trinajstić information content (AvgIpc) is 2.92. The molecular formula is C23H35ClN6. The molecular weight excluding hydrogens is 396 g/mol. The summed E-state index contributed by atoms with van der Waals surface area (Å²) < 4.78 is 2.31. The highest BCUT2D eigenvalue weighted by Crippen LogP contribution is 2.24. The molecule has 1 aliphatic heterocycles. The van der Waals surface area contributed by atoms with Crippen LogP contribution in [-0.4, -0.2) is 40.4 Å². The first-order valence-corrected chi connectivity index (χ1v) is 11.5. The van der Waals surface area contributed by atoms with Crippen LogP contribution >= 0.6 is 11.6 Å². The molecule has 1 aliphatic rings. The lowest BCUT2D eigenvalue weighted by atomic mass is 9.86. The first-order valence-electron chi connectivity index (χ1n) is 11.1. The Balaban J connectivity index is 1.54. The maximum absolute atomic E-state index is 6.14. The molecule has 0 unspecified atom stereocenters. The Kier molecular flexibility index (Phi) is 8.14. The summed E-state index contributed by atoms with van der Waals surface area (Å²) in [6.07, 6.45) is 6.55. The van der Waals surface area contributed by atoms with Crippen molar-refractivity contribution in [1.82, 2.24) is 25.4 Å². The summed E-state index contributed by atoms with van der Waals surface area (Å²) >= 11 is 6.14. The minimum Gasteiger partial charge on any atom is -0.357 e. The van der Waals surface area contributed by atoms with Gasteiger partial charge in [-0.2, -0.15) is 0 Å². The second-order valence-electron chi connectivity index (χ2n) is 8.84. The van der Waals surface area contributed by atoms with E-state index in [4.69, 9.17) is 16.6 Å². The van der Waals surface area contributed by atoms with Crippen LogP contribution in [0.5, 0.6) is 0 Å². The van der Waals surface area contributed by atoms with Crippen molar-refractivity contribution in [2.24, 2.45) is 10.4 Å². The van der Waals surface area contributed by atoms with Crippen molar-refractivity contribution in [1.29, 1.82) is 0 Å². The Bertz CT molecular complexity index is 842. The van der Waals surface area contributed by atoms with Crippen LogP contribution in [0.3, 0.4) is 0 Å². The van der Waals surface area contributed by atoms with Crippen LogP contribution in [0.1, 0.15) is 57.2 Å². The largest absolute Gasteiger partial charge is 0.357 e. The Hall–Kier alpha value is -2.08. The molecule has 0 fully saturated rings. The molecule has 0 radical (unpaired) electrons. The summed E-state index contributed by atoms with van der Waals surface area (Å²) in [7, 11) is 0. The molecule has 0 aliphatic carbocycles. The molecule has 164 valence electrons. The van der Waals surface area contributed by atoms with E-state index in [-0.39, 0.29) is 5.41 Å². The number of aromatic nitrogens is 3. The molecule has 30 heavy (non-hydrogen) atoms. The van der Waals surface area contributed by atoms with Gasteiger partial charge in [-0.25, -0.2) is 0 Å². The number of hydrogen-bond donors (Lipinski definition) is 2.